The normalized spacial score (nSPS) is 10.4. The lowest BCUT2D eigenvalue weighted by atomic mass is 10.1. The van der Waals surface area contributed by atoms with Gasteiger partial charge in [-0.05, 0) is 55.3 Å². The van der Waals surface area contributed by atoms with Crippen LogP contribution in [0.25, 0.3) is 0 Å². The summed E-state index contributed by atoms with van der Waals surface area (Å²) in [5.74, 6) is -0.413. The zero-order valence-electron chi connectivity index (χ0n) is 15.3. The van der Waals surface area contributed by atoms with Gasteiger partial charge in [0.05, 0.1) is 0 Å². The lowest BCUT2D eigenvalue weighted by Crippen LogP contribution is -2.27. The van der Waals surface area contributed by atoms with Crippen molar-refractivity contribution in [3.8, 4) is 0 Å². The Morgan fingerprint density at radius 1 is 1.04 bits per heavy atom. The Labute approximate surface area is 161 Å². The number of benzene rings is 2. The lowest BCUT2D eigenvalue weighted by molar-refractivity contribution is 0.0948. The molecule has 3 aromatic rings. The summed E-state index contributed by atoms with van der Waals surface area (Å²) in [7, 11) is 0. The van der Waals surface area contributed by atoms with Gasteiger partial charge < -0.3 is 10.6 Å². The third-order valence-electron chi connectivity index (χ3n) is 4.07. The van der Waals surface area contributed by atoms with Crippen molar-refractivity contribution in [3.63, 3.8) is 0 Å². The maximum absolute atomic E-state index is 13.6. The van der Waals surface area contributed by atoms with Gasteiger partial charge in [-0.2, -0.15) is 0 Å². The SMILES string of the molecule is CC(=O)c1ccc(Nc2nccc(C(=O)NCCc3ccccc3F)n2)cc1. The van der Waals surface area contributed by atoms with Gasteiger partial charge in [0.15, 0.2) is 5.78 Å². The molecule has 0 spiro atoms. The van der Waals surface area contributed by atoms with E-state index in [1.807, 2.05) is 0 Å². The minimum absolute atomic E-state index is 0.0168. The van der Waals surface area contributed by atoms with E-state index in [1.54, 1.807) is 42.5 Å². The molecule has 0 aliphatic heterocycles. The number of nitrogens with zero attached hydrogens (tertiary/aromatic N) is 2. The van der Waals surface area contributed by atoms with Crippen LogP contribution in [0.1, 0.15) is 33.3 Å². The summed E-state index contributed by atoms with van der Waals surface area (Å²) in [5.41, 5.74) is 2.05. The van der Waals surface area contributed by atoms with E-state index in [-0.39, 0.29) is 29.1 Å². The molecule has 0 aliphatic rings. The highest BCUT2D eigenvalue weighted by Gasteiger charge is 2.09. The summed E-state index contributed by atoms with van der Waals surface area (Å²) in [6.07, 6.45) is 1.86. The molecule has 142 valence electrons. The van der Waals surface area contributed by atoms with Crippen LogP contribution in [0.2, 0.25) is 0 Å². The van der Waals surface area contributed by atoms with Crippen molar-refractivity contribution in [1.82, 2.24) is 15.3 Å². The average molecular weight is 378 g/mol. The molecule has 0 bridgehead atoms. The number of halogens is 1. The summed E-state index contributed by atoms with van der Waals surface area (Å²) in [5, 5.41) is 5.72. The summed E-state index contributed by atoms with van der Waals surface area (Å²) in [6.45, 7) is 1.79. The van der Waals surface area contributed by atoms with E-state index in [0.29, 0.717) is 29.8 Å². The largest absolute Gasteiger partial charge is 0.350 e. The van der Waals surface area contributed by atoms with Crippen LogP contribution >= 0.6 is 0 Å². The Kier molecular flexibility index (Phi) is 6.06. The predicted molar refractivity (Wildman–Crippen MR) is 104 cm³/mol. The molecule has 0 fully saturated rings. The van der Waals surface area contributed by atoms with E-state index in [0.717, 1.165) is 0 Å². The number of amides is 1. The van der Waals surface area contributed by atoms with Crippen molar-refractivity contribution in [1.29, 1.82) is 0 Å². The fraction of sp³-hybridized carbons (Fsp3) is 0.143. The second-order valence-electron chi connectivity index (χ2n) is 6.12. The number of anilines is 2. The Morgan fingerprint density at radius 2 is 1.79 bits per heavy atom. The molecular weight excluding hydrogens is 359 g/mol. The van der Waals surface area contributed by atoms with Crippen LogP contribution in [-0.2, 0) is 6.42 Å². The quantitative estimate of drug-likeness (QED) is 0.615. The predicted octanol–water partition coefficient (Wildman–Crippen LogP) is 3.53. The first kappa shape index (κ1) is 19.2. The molecule has 0 aliphatic carbocycles. The Hall–Kier alpha value is -3.61. The first-order valence-electron chi connectivity index (χ1n) is 8.75. The molecule has 0 radical (unpaired) electrons. The number of hydrogen-bond acceptors (Lipinski definition) is 5. The fourth-order valence-corrected chi connectivity index (χ4v) is 2.57. The molecule has 1 aromatic heterocycles. The molecule has 0 saturated heterocycles. The number of nitrogens with one attached hydrogen (secondary N) is 2. The van der Waals surface area contributed by atoms with E-state index >= 15 is 0 Å². The highest BCUT2D eigenvalue weighted by molar-refractivity contribution is 5.94. The summed E-state index contributed by atoms with van der Waals surface area (Å²) in [6, 6.07) is 14.8. The Bertz CT molecular complexity index is 990. The van der Waals surface area contributed by atoms with Crippen molar-refractivity contribution in [2.24, 2.45) is 0 Å². The highest BCUT2D eigenvalue weighted by Crippen LogP contribution is 2.14. The van der Waals surface area contributed by atoms with Gasteiger partial charge in [-0.15, -0.1) is 0 Å². The third kappa shape index (κ3) is 4.97. The van der Waals surface area contributed by atoms with Crippen molar-refractivity contribution < 1.29 is 14.0 Å². The molecule has 0 saturated carbocycles. The molecule has 2 aromatic carbocycles. The molecule has 1 heterocycles. The van der Waals surface area contributed by atoms with E-state index in [9.17, 15) is 14.0 Å². The minimum Gasteiger partial charge on any atom is -0.350 e. The van der Waals surface area contributed by atoms with Crippen LogP contribution in [-0.4, -0.2) is 28.2 Å². The van der Waals surface area contributed by atoms with Gasteiger partial charge >= 0.3 is 0 Å². The molecular formula is C21H19FN4O2. The first-order chi connectivity index (χ1) is 13.5. The summed E-state index contributed by atoms with van der Waals surface area (Å²) < 4.78 is 13.6. The first-order valence-corrected chi connectivity index (χ1v) is 8.75. The maximum atomic E-state index is 13.6. The van der Waals surface area contributed by atoms with Gasteiger partial charge in [0, 0.05) is 24.0 Å². The summed E-state index contributed by atoms with van der Waals surface area (Å²) >= 11 is 0. The summed E-state index contributed by atoms with van der Waals surface area (Å²) in [4.78, 5) is 31.9. The van der Waals surface area contributed by atoms with Crippen LogP contribution in [0.4, 0.5) is 16.0 Å². The van der Waals surface area contributed by atoms with Gasteiger partial charge in [-0.25, -0.2) is 14.4 Å². The number of carbonyl (C=O) groups excluding carboxylic acids is 2. The fourth-order valence-electron chi connectivity index (χ4n) is 2.57. The van der Waals surface area contributed by atoms with Crippen LogP contribution in [0.5, 0.6) is 0 Å². The number of aromatic nitrogens is 2. The number of hydrogen-bond donors (Lipinski definition) is 2. The smallest absolute Gasteiger partial charge is 0.270 e. The van der Waals surface area contributed by atoms with Crippen molar-refractivity contribution in [3.05, 3.63) is 83.4 Å². The number of ketones is 1. The van der Waals surface area contributed by atoms with Crippen LogP contribution in [0.3, 0.4) is 0 Å². The maximum Gasteiger partial charge on any atom is 0.270 e. The second kappa shape index (κ2) is 8.85. The molecule has 0 atom stereocenters. The van der Waals surface area contributed by atoms with Gasteiger partial charge in [0.25, 0.3) is 5.91 Å². The molecule has 28 heavy (non-hydrogen) atoms. The van der Waals surface area contributed by atoms with E-state index < -0.39 is 0 Å². The van der Waals surface area contributed by atoms with Gasteiger partial charge in [0.1, 0.15) is 11.5 Å². The molecule has 6 nitrogen and oxygen atoms in total. The lowest BCUT2D eigenvalue weighted by Gasteiger charge is -2.08. The monoisotopic (exact) mass is 378 g/mol. The van der Waals surface area contributed by atoms with Gasteiger partial charge in [-0.1, -0.05) is 18.2 Å². The van der Waals surface area contributed by atoms with E-state index in [4.69, 9.17) is 0 Å². The molecule has 2 N–H and O–H groups in total. The standard InChI is InChI=1S/C21H19FN4O2/c1-14(27)15-6-8-17(9-7-15)25-21-24-13-11-19(26-21)20(28)23-12-10-16-4-2-3-5-18(16)22/h2-9,11,13H,10,12H2,1H3,(H,23,28)(H,24,25,26). The van der Waals surface area contributed by atoms with Crippen molar-refractivity contribution >= 4 is 23.3 Å². The number of rotatable bonds is 7. The average Bonchev–Trinajstić information content (AvgIpc) is 2.70. The van der Waals surface area contributed by atoms with Crippen molar-refractivity contribution in [2.45, 2.75) is 13.3 Å². The molecule has 0 unspecified atom stereocenters. The Balaban J connectivity index is 1.59. The zero-order chi connectivity index (χ0) is 19.9. The van der Waals surface area contributed by atoms with E-state index in [1.165, 1.54) is 25.3 Å². The zero-order valence-corrected chi connectivity index (χ0v) is 15.3. The number of carbonyl (C=O) groups is 2. The van der Waals surface area contributed by atoms with Crippen LogP contribution in [0, 0.1) is 5.82 Å². The topological polar surface area (TPSA) is 84.0 Å². The van der Waals surface area contributed by atoms with Gasteiger partial charge in [-0.3, -0.25) is 9.59 Å². The second-order valence-corrected chi connectivity index (χ2v) is 6.12. The molecule has 7 heteroatoms. The van der Waals surface area contributed by atoms with Crippen LogP contribution in [0.15, 0.2) is 60.8 Å². The van der Waals surface area contributed by atoms with Crippen LogP contribution < -0.4 is 10.6 Å². The highest BCUT2D eigenvalue weighted by atomic mass is 19.1. The minimum atomic E-state index is -0.367. The molecule has 1 amide bonds. The Morgan fingerprint density at radius 3 is 2.50 bits per heavy atom. The van der Waals surface area contributed by atoms with Gasteiger partial charge in [0.2, 0.25) is 5.95 Å². The molecule has 3 rings (SSSR count). The van der Waals surface area contributed by atoms with E-state index in [2.05, 4.69) is 20.6 Å². The third-order valence-corrected chi connectivity index (χ3v) is 4.07. The number of Topliss-reactive ketones (excluding diaryl/α,β-unsaturated/α-hetero) is 1. The van der Waals surface area contributed by atoms with Crippen molar-refractivity contribution in [2.75, 3.05) is 11.9 Å².